The maximum Gasteiger partial charge on any atom is 0.312 e. The Hall–Kier alpha value is -3.05. The molecule has 0 saturated carbocycles. The standard InChI is InChI=1S/C22H18ClNO4/c1-22(2,21(25)26)12-27-15-8-7-14-10-19(28-18(14)11-15)20-16(23)9-13-5-3-4-6-17(13)24-20/h3-11H,12H2,1-2H3,(H,25,26). The van der Waals surface area contributed by atoms with Crippen molar-refractivity contribution < 1.29 is 19.1 Å². The number of carbonyl (C=O) groups is 1. The number of aromatic nitrogens is 1. The number of halogens is 1. The quantitative estimate of drug-likeness (QED) is 0.463. The fourth-order valence-corrected chi connectivity index (χ4v) is 3.06. The summed E-state index contributed by atoms with van der Waals surface area (Å²) in [5.74, 6) is 0.194. The number of aliphatic carboxylic acids is 1. The van der Waals surface area contributed by atoms with Crippen LogP contribution in [0.4, 0.5) is 0 Å². The van der Waals surface area contributed by atoms with E-state index in [1.54, 1.807) is 26.0 Å². The van der Waals surface area contributed by atoms with E-state index < -0.39 is 11.4 Å². The Morgan fingerprint density at radius 2 is 1.93 bits per heavy atom. The molecule has 142 valence electrons. The molecule has 0 aliphatic carbocycles. The van der Waals surface area contributed by atoms with Gasteiger partial charge in [0.1, 0.15) is 23.6 Å². The van der Waals surface area contributed by atoms with E-state index in [4.69, 9.17) is 20.8 Å². The average Bonchev–Trinajstić information content (AvgIpc) is 3.08. The van der Waals surface area contributed by atoms with Gasteiger partial charge in [-0.3, -0.25) is 4.79 Å². The minimum atomic E-state index is -0.980. The van der Waals surface area contributed by atoms with Crippen LogP contribution in [0.15, 0.2) is 59.0 Å². The van der Waals surface area contributed by atoms with E-state index in [0.29, 0.717) is 27.8 Å². The first kappa shape index (κ1) is 18.3. The number of para-hydroxylation sites is 1. The molecule has 0 saturated heterocycles. The van der Waals surface area contributed by atoms with Crippen LogP contribution in [-0.2, 0) is 4.79 Å². The molecule has 2 aromatic heterocycles. The molecular formula is C22H18ClNO4. The van der Waals surface area contributed by atoms with Crippen molar-refractivity contribution in [2.75, 3.05) is 6.61 Å². The highest BCUT2D eigenvalue weighted by Gasteiger charge is 2.28. The van der Waals surface area contributed by atoms with Gasteiger partial charge in [0.25, 0.3) is 0 Å². The van der Waals surface area contributed by atoms with Crippen molar-refractivity contribution in [3.63, 3.8) is 0 Å². The molecule has 0 fully saturated rings. The SMILES string of the molecule is CC(C)(COc1ccc2cc(-c3nc4ccccc4cc3Cl)oc2c1)C(=O)O. The van der Waals surface area contributed by atoms with Crippen LogP contribution < -0.4 is 4.74 Å². The summed E-state index contributed by atoms with van der Waals surface area (Å²) in [6.45, 7) is 3.29. The number of pyridine rings is 1. The number of carboxylic acids is 1. The fourth-order valence-electron chi connectivity index (χ4n) is 2.81. The van der Waals surface area contributed by atoms with Crippen LogP contribution in [0.1, 0.15) is 13.8 Å². The molecule has 2 aromatic carbocycles. The zero-order valence-electron chi connectivity index (χ0n) is 15.4. The highest BCUT2D eigenvalue weighted by molar-refractivity contribution is 6.33. The van der Waals surface area contributed by atoms with E-state index in [-0.39, 0.29) is 6.61 Å². The Labute approximate surface area is 166 Å². The Morgan fingerprint density at radius 3 is 2.71 bits per heavy atom. The molecule has 0 radical (unpaired) electrons. The molecular weight excluding hydrogens is 378 g/mol. The van der Waals surface area contributed by atoms with E-state index in [1.165, 1.54) is 0 Å². The molecule has 0 spiro atoms. The van der Waals surface area contributed by atoms with Gasteiger partial charge in [0, 0.05) is 16.8 Å². The van der Waals surface area contributed by atoms with Gasteiger partial charge >= 0.3 is 5.97 Å². The number of carboxylic acid groups (broad SMARTS) is 1. The lowest BCUT2D eigenvalue weighted by Crippen LogP contribution is -2.30. The number of hydrogen-bond acceptors (Lipinski definition) is 4. The van der Waals surface area contributed by atoms with Gasteiger partial charge in [0.05, 0.1) is 16.0 Å². The van der Waals surface area contributed by atoms with Crippen LogP contribution in [0, 0.1) is 5.41 Å². The molecule has 2 heterocycles. The van der Waals surface area contributed by atoms with Gasteiger partial charge < -0.3 is 14.3 Å². The molecule has 5 nitrogen and oxygen atoms in total. The van der Waals surface area contributed by atoms with Crippen molar-refractivity contribution in [3.05, 3.63) is 59.6 Å². The van der Waals surface area contributed by atoms with Gasteiger partial charge in [-0.15, -0.1) is 0 Å². The Balaban J connectivity index is 1.67. The minimum Gasteiger partial charge on any atom is -0.492 e. The third-order valence-electron chi connectivity index (χ3n) is 4.58. The second kappa shape index (κ2) is 6.84. The molecule has 4 aromatic rings. The van der Waals surface area contributed by atoms with Gasteiger partial charge in [0.15, 0.2) is 5.76 Å². The molecule has 0 atom stereocenters. The van der Waals surface area contributed by atoms with E-state index in [9.17, 15) is 9.90 Å². The molecule has 1 N–H and O–H groups in total. The summed E-state index contributed by atoms with van der Waals surface area (Å²) in [5, 5.41) is 11.6. The number of benzene rings is 2. The number of ether oxygens (including phenoxy) is 1. The molecule has 0 aliphatic heterocycles. The van der Waals surface area contributed by atoms with Crippen LogP contribution in [0.25, 0.3) is 33.3 Å². The number of fused-ring (bicyclic) bond motifs is 2. The lowest BCUT2D eigenvalue weighted by Gasteiger charge is -2.19. The van der Waals surface area contributed by atoms with E-state index >= 15 is 0 Å². The first-order valence-electron chi connectivity index (χ1n) is 8.79. The van der Waals surface area contributed by atoms with Crippen molar-refractivity contribution in [2.24, 2.45) is 5.41 Å². The third kappa shape index (κ3) is 3.41. The highest BCUT2D eigenvalue weighted by atomic mass is 35.5. The van der Waals surface area contributed by atoms with Gasteiger partial charge in [-0.2, -0.15) is 0 Å². The first-order chi connectivity index (χ1) is 13.3. The van der Waals surface area contributed by atoms with Crippen molar-refractivity contribution in [1.29, 1.82) is 0 Å². The van der Waals surface area contributed by atoms with Gasteiger partial charge in [-0.25, -0.2) is 4.98 Å². The minimum absolute atomic E-state index is 0.0550. The fraction of sp³-hybridized carbons (Fsp3) is 0.182. The molecule has 0 aliphatic rings. The smallest absolute Gasteiger partial charge is 0.312 e. The summed E-state index contributed by atoms with van der Waals surface area (Å²) >= 11 is 6.42. The molecule has 4 rings (SSSR count). The maximum absolute atomic E-state index is 11.2. The molecule has 0 amide bonds. The summed E-state index contributed by atoms with van der Waals surface area (Å²) < 4.78 is 11.6. The molecule has 0 bridgehead atoms. The van der Waals surface area contributed by atoms with Crippen LogP contribution in [0.3, 0.4) is 0 Å². The lowest BCUT2D eigenvalue weighted by molar-refractivity contribution is -0.148. The summed E-state index contributed by atoms with van der Waals surface area (Å²) in [6, 6.07) is 16.9. The van der Waals surface area contributed by atoms with Gasteiger partial charge in [-0.1, -0.05) is 29.8 Å². The summed E-state index contributed by atoms with van der Waals surface area (Å²) in [6.07, 6.45) is 0. The van der Waals surface area contributed by atoms with E-state index in [0.717, 1.165) is 16.3 Å². The van der Waals surface area contributed by atoms with Crippen LogP contribution in [-0.4, -0.2) is 22.7 Å². The molecule has 0 unspecified atom stereocenters. The van der Waals surface area contributed by atoms with Crippen molar-refractivity contribution in [3.8, 4) is 17.2 Å². The summed E-state index contributed by atoms with van der Waals surface area (Å²) in [4.78, 5) is 15.9. The zero-order valence-corrected chi connectivity index (χ0v) is 16.2. The average molecular weight is 396 g/mol. The van der Waals surface area contributed by atoms with E-state index in [2.05, 4.69) is 4.98 Å². The topological polar surface area (TPSA) is 72.6 Å². The Kier molecular flexibility index (Phi) is 4.47. The highest BCUT2D eigenvalue weighted by Crippen LogP contribution is 2.34. The van der Waals surface area contributed by atoms with Crippen LogP contribution in [0.2, 0.25) is 5.02 Å². The first-order valence-corrected chi connectivity index (χ1v) is 9.17. The largest absolute Gasteiger partial charge is 0.492 e. The molecule has 6 heteroatoms. The monoisotopic (exact) mass is 395 g/mol. The van der Waals surface area contributed by atoms with Crippen molar-refractivity contribution >= 4 is 39.4 Å². The van der Waals surface area contributed by atoms with Crippen LogP contribution in [0.5, 0.6) is 5.75 Å². The molecule has 28 heavy (non-hydrogen) atoms. The normalized spacial score (nSPS) is 11.8. The number of nitrogens with zero attached hydrogens (tertiary/aromatic N) is 1. The van der Waals surface area contributed by atoms with Crippen molar-refractivity contribution in [2.45, 2.75) is 13.8 Å². The maximum atomic E-state index is 11.2. The zero-order chi connectivity index (χ0) is 19.9. The van der Waals surface area contributed by atoms with Gasteiger partial charge in [-0.05, 0) is 44.2 Å². The number of rotatable bonds is 5. The Morgan fingerprint density at radius 1 is 1.14 bits per heavy atom. The summed E-state index contributed by atoms with van der Waals surface area (Å²) in [7, 11) is 0. The number of hydrogen-bond donors (Lipinski definition) is 1. The second-order valence-electron chi connectivity index (χ2n) is 7.30. The second-order valence-corrected chi connectivity index (χ2v) is 7.71. The summed E-state index contributed by atoms with van der Waals surface area (Å²) in [5.41, 5.74) is 1.05. The van der Waals surface area contributed by atoms with Crippen molar-refractivity contribution in [1.82, 2.24) is 4.98 Å². The predicted molar refractivity (Wildman–Crippen MR) is 109 cm³/mol. The number of furan rings is 1. The Bertz CT molecular complexity index is 1200. The van der Waals surface area contributed by atoms with Gasteiger partial charge in [0.2, 0.25) is 0 Å². The lowest BCUT2D eigenvalue weighted by atomic mass is 9.95. The third-order valence-corrected chi connectivity index (χ3v) is 4.87. The van der Waals surface area contributed by atoms with Crippen LogP contribution >= 0.6 is 11.6 Å². The van der Waals surface area contributed by atoms with E-state index in [1.807, 2.05) is 42.5 Å². The predicted octanol–water partition coefficient (Wildman–Crippen LogP) is 5.79.